The molecule has 3 heteroatoms. The number of rotatable bonds is 9. The van der Waals surface area contributed by atoms with Crippen molar-refractivity contribution in [2.75, 3.05) is 13.2 Å². The van der Waals surface area contributed by atoms with E-state index in [-0.39, 0.29) is 6.04 Å². The van der Waals surface area contributed by atoms with Gasteiger partial charge in [-0.15, -0.1) is 0 Å². The summed E-state index contributed by atoms with van der Waals surface area (Å²) in [5.41, 5.74) is 7.15. The molecule has 0 saturated carbocycles. The molecular weight excluding hydrogens is 410 g/mol. The average Bonchev–Trinajstić information content (AvgIpc) is 3.19. The van der Waals surface area contributed by atoms with Crippen LogP contribution in [0, 0.1) is 5.92 Å². The fourth-order valence-corrected chi connectivity index (χ4v) is 5.81. The van der Waals surface area contributed by atoms with Gasteiger partial charge in [0, 0.05) is 11.4 Å². The molecule has 32 heavy (non-hydrogen) atoms. The first-order chi connectivity index (χ1) is 15.5. The van der Waals surface area contributed by atoms with Crippen LogP contribution in [-0.2, 0) is 12.8 Å². The summed E-state index contributed by atoms with van der Waals surface area (Å²) in [6.45, 7) is 10.7. The Kier molecular flexibility index (Phi) is 7.80. The van der Waals surface area contributed by atoms with Gasteiger partial charge in [-0.25, -0.2) is 4.31 Å². The van der Waals surface area contributed by atoms with Crippen molar-refractivity contribution in [1.29, 1.82) is 0 Å². The maximum Gasteiger partial charge on any atom is 0.119 e. The minimum atomic E-state index is 0.225. The van der Waals surface area contributed by atoms with Crippen molar-refractivity contribution >= 4 is 11.9 Å². The van der Waals surface area contributed by atoms with E-state index in [0.29, 0.717) is 12.5 Å². The first-order valence-corrected chi connectivity index (χ1v) is 12.9. The van der Waals surface area contributed by atoms with E-state index in [1.165, 1.54) is 47.1 Å². The molecule has 170 valence electrons. The van der Waals surface area contributed by atoms with Gasteiger partial charge in [0.25, 0.3) is 0 Å². The molecule has 0 spiro atoms. The Morgan fingerprint density at radius 2 is 1.69 bits per heavy atom. The zero-order chi connectivity index (χ0) is 22.5. The minimum Gasteiger partial charge on any atom is -0.492 e. The Labute approximate surface area is 198 Å². The lowest BCUT2D eigenvalue weighted by Crippen LogP contribution is -2.26. The van der Waals surface area contributed by atoms with Gasteiger partial charge in [-0.1, -0.05) is 75.2 Å². The summed E-state index contributed by atoms with van der Waals surface area (Å²) < 4.78 is 8.88. The van der Waals surface area contributed by atoms with Crippen LogP contribution in [0.5, 0.6) is 5.75 Å². The van der Waals surface area contributed by atoms with E-state index >= 15 is 0 Å². The third-order valence-electron chi connectivity index (χ3n) is 6.30. The van der Waals surface area contributed by atoms with Gasteiger partial charge >= 0.3 is 0 Å². The number of benzene rings is 2. The highest BCUT2D eigenvalue weighted by molar-refractivity contribution is 8.01. The smallest absolute Gasteiger partial charge is 0.119 e. The van der Waals surface area contributed by atoms with Crippen LogP contribution in [0.4, 0.5) is 0 Å². The van der Waals surface area contributed by atoms with E-state index in [2.05, 4.69) is 86.6 Å². The van der Waals surface area contributed by atoms with Crippen molar-refractivity contribution in [3.63, 3.8) is 0 Å². The summed E-state index contributed by atoms with van der Waals surface area (Å²) in [5, 5.41) is 0. The largest absolute Gasteiger partial charge is 0.492 e. The number of hydrogen-bond donors (Lipinski definition) is 0. The van der Waals surface area contributed by atoms with Gasteiger partial charge in [-0.05, 0) is 84.9 Å². The number of ether oxygens (including phenoxy) is 1. The molecule has 0 aromatic heterocycles. The summed E-state index contributed by atoms with van der Waals surface area (Å²) in [5.74, 6) is 1.64. The maximum atomic E-state index is 6.35. The molecule has 1 aliphatic carbocycles. The lowest BCUT2D eigenvalue weighted by atomic mass is 9.98. The molecule has 0 radical (unpaired) electrons. The second-order valence-electron chi connectivity index (χ2n) is 9.67. The van der Waals surface area contributed by atoms with Gasteiger partial charge < -0.3 is 4.74 Å². The highest BCUT2D eigenvalue weighted by Crippen LogP contribution is 2.44. The fraction of sp³-hybridized carbons (Fsp3) is 0.448. The molecule has 1 unspecified atom stereocenters. The van der Waals surface area contributed by atoms with Crippen LogP contribution in [0.1, 0.15) is 69.7 Å². The number of allylic oxidation sites excluding steroid dienone is 2. The fourth-order valence-electron chi connectivity index (χ4n) is 4.58. The Balaban J connectivity index is 1.50. The second-order valence-corrected chi connectivity index (χ2v) is 10.8. The van der Waals surface area contributed by atoms with E-state index in [9.17, 15) is 0 Å². The molecule has 1 atom stereocenters. The third kappa shape index (κ3) is 5.88. The molecule has 2 nitrogen and oxygen atoms in total. The first-order valence-electron chi connectivity index (χ1n) is 12.2. The van der Waals surface area contributed by atoms with Crippen LogP contribution in [0.15, 0.2) is 70.7 Å². The highest BCUT2D eigenvalue weighted by atomic mass is 32.2. The standard InChI is InChI=1S/C29H37NOS/c1-5-6-23-10-14-27(15-11-23)31-20-28(25-12-8-24(9-13-25)17-21(2)3)30-19-26-18-22(4)7-16-29(26)32-30/h8-15,18,21,28H,5-7,16-17,19-20H2,1-4H3. The topological polar surface area (TPSA) is 12.5 Å². The van der Waals surface area contributed by atoms with Gasteiger partial charge in [-0.3, -0.25) is 0 Å². The van der Waals surface area contributed by atoms with Crippen LogP contribution in [0.3, 0.4) is 0 Å². The Hall–Kier alpha value is -1.97. The highest BCUT2D eigenvalue weighted by Gasteiger charge is 2.31. The van der Waals surface area contributed by atoms with Crippen LogP contribution in [0.2, 0.25) is 0 Å². The van der Waals surface area contributed by atoms with E-state index in [4.69, 9.17) is 4.74 Å². The van der Waals surface area contributed by atoms with Gasteiger partial charge in [0.05, 0.1) is 6.04 Å². The Bertz CT molecular complexity index is 956. The van der Waals surface area contributed by atoms with Crippen LogP contribution in [-0.4, -0.2) is 17.5 Å². The molecular formula is C29H37NOS. The Morgan fingerprint density at radius 3 is 2.38 bits per heavy atom. The van der Waals surface area contributed by atoms with Crippen molar-refractivity contribution in [3.05, 3.63) is 87.3 Å². The quantitative estimate of drug-likeness (QED) is 0.362. The Morgan fingerprint density at radius 1 is 0.969 bits per heavy atom. The molecule has 1 aliphatic heterocycles. The summed E-state index contributed by atoms with van der Waals surface area (Å²) in [4.78, 5) is 1.54. The molecule has 0 saturated heterocycles. The van der Waals surface area contributed by atoms with Crippen molar-refractivity contribution in [2.24, 2.45) is 5.92 Å². The molecule has 0 fully saturated rings. The average molecular weight is 448 g/mol. The van der Waals surface area contributed by atoms with Gasteiger partial charge in [0.1, 0.15) is 12.4 Å². The minimum absolute atomic E-state index is 0.225. The zero-order valence-corrected chi connectivity index (χ0v) is 20.9. The summed E-state index contributed by atoms with van der Waals surface area (Å²) in [6, 6.07) is 18.1. The van der Waals surface area contributed by atoms with Crippen molar-refractivity contribution in [1.82, 2.24) is 4.31 Å². The first kappa shape index (κ1) is 23.2. The predicted octanol–water partition coefficient (Wildman–Crippen LogP) is 7.92. The van der Waals surface area contributed by atoms with E-state index in [1.54, 1.807) is 4.91 Å². The van der Waals surface area contributed by atoms with Gasteiger partial charge in [0.2, 0.25) is 0 Å². The molecule has 0 amide bonds. The summed E-state index contributed by atoms with van der Waals surface area (Å²) in [7, 11) is 0. The molecule has 2 aromatic carbocycles. The SMILES string of the molecule is CCCc1ccc(OCC(c2ccc(CC(C)C)cc2)N2CC3=C(CCC(C)=C3)S2)cc1. The van der Waals surface area contributed by atoms with Crippen LogP contribution >= 0.6 is 11.9 Å². The second kappa shape index (κ2) is 10.8. The molecule has 2 aromatic rings. The molecule has 4 rings (SSSR count). The molecule has 0 bridgehead atoms. The summed E-state index contributed by atoms with van der Waals surface area (Å²) in [6.07, 6.45) is 8.20. The zero-order valence-electron chi connectivity index (χ0n) is 20.1. The van der Waals surface area contributed by atoms with E-state index in [1.807, 2.05) is 11.9 Å². The lowest BCUT2D eigenvalue weighted by Gasteiger charge is -2.27. The maximum absolute atomic E-state index is 6.35. The van der Waals surface area contributed by atoms with E-state index < -0.39 is 0 Å². The lowest BCUT2D eigenvalue weighted by molar-refractivity contribution is 0.224. The summed E-state index contributed by atoms with van der Waals surface area (Å²) >= 11 is 1.95. The third-order valence-corrected chi connectivity index (χ3v) is 7.61. The van der Waals surface area contributed by atoms with Crippen LogP contribution < -0.4 is 4.74 Å². The monoisotopic (exact) mass is 447 g/mol. The van der Waals surface area contributed by atoms with Crippen LogP contribution in [0.25, 0.3) is 0 Å². The van der Waals surface area contributed by atoms with Crippen molar-refractivity contribution in [2.45, 2.75) is 65.8 Å². The molecule has 0 N–H and O–H groups in total. The van der Waals surface area contributed by atoms with Gasteiger partial charge in [-0.2, -0.15) is 0 Å². The molecule has 2 aliphatic rings. The number of hydrogen-bond acceptors (Lipinski definition) is 3. The van der Waals surface area contributed by atoms with Crippen molar-refractivity contribution in [3.8, 4) is 5.75 Å². The predicted molar refractivity (Wildman–Crippen MR) is 138 cm³/mol. The number of aryl methyl sites for hydroxylation is 1. The van der Waals surface area contributed by atoms with Gasteiger partial charge in [0.15, 0.2) is 0 Å². The van der Waals surface area contributed by atoms with Crippen molar-refractivity contribution < 1.29 is 4.74 Å². The van der Waals surface area contributed by atoms with E-state index in [0.717, 1.165) is 25.1 Å². The normalized spacial score (nSPS) is 17.5. The number of nitrogens with zero attached hydrogens (tertiary/aromatic N) is 1. The molecule has 1 heterocycles.